The minimum absolute atomic E-state index is 0.143. The molecule has 0 spiro atoms. The number of amides is 1. The zero-order valence-corrected chi connectivity index (χ0v) is 12.3. The molecule has 116 valence electrons. The van der Waals surface area contributed by atoms with Crippen LogP contribution in [-0.2, 0) is 16.1 Å². The van der Waals surface area contributed by atoms with Gasteiger partial charge in [0, 0.05) is 44.2 Å². The van der Waals surface area contributed by atoms with Gasteiger partial charge in [-0.3, -0.25) is 4.79 Å². The highest BCUT2D eigenvalue weighted by Crippen LogP contribution is 2.22. The van der Waals surface area contributed by atoms with E-state index in [0.717, 1.165) is 5.56 Å². The Bertz CT molecular complexity index is 473. The summed E-state index contributed by atoms with van der Waals surface area (Å²) in [6, 6.07) is 5.19. The highest BCUT2D eigenvalue weighted by molar-refractivity contribution is 5.76. The summed E-state index contributed by atoms with van der Waals surface area (Å²) in [6.45, 7) is 3.71. The summed E-state index contributed by atoms with van der Waals surface area (Å²) in [4.78, 5) is 13.8. The standard InChI is InChI=1S/C15H22N2O4/c1-20-13-3-2-12(14(18)10-13)11-16-5-4-15(19)17-6-8-21-9-7-17/h2-3,10,16,18H,4-9,11H2,1H3. The average Bonchev–Trinajstić information content (AvgIpc) is 2.53. The number of ether oxygens (including phenoxy) is 2. The number of morpholine rings is 1. The third kappa shape index (κ3) is 4.61. The smallest absolute Gasteiger partial charge is 0.224 e. The highest BCUT2D eigenvalue weighted by atomic mass is 16.5. The number of rotatable bonds is 6. The molecular formula is C15H22N2O4. The molecule has 21 heavy (non-hydrogen) atoms. The molecule has 6 heteroatoms. The Labute approximate surface area is 124 Å². The zero-order valence-electron chi connectivity index (χ0n) is 12.3. The van der Waals surface area contributed by atoms with Crippen molar-refractivity contribution in [1.82, 2.24) is 10.2 Å². The fourth-order valence-corrected chi connectivity index (χ4v) is 2.21. The van der Waals surface area contributed by atoms with Gasteiger partial charge >= 0.3 is 0 Å². The first kappa shape index (κ1) is 15.6. The summed E-state index contributed by atoms with van der Waals surface area (Å²) < 4.78 is 10.3. The molecule has 0 aromatic heterocycles. The monoisotopic (exact) mass is 294 g/mol. The summed E-state index contributed by atoms with van der Waals surface area (Å²) in [6.07, 6.45) is 0.455. The maximum Gasteiger partial charge on any atom is 0.224 e. The Kier molecular flexibility index (Phi) is 5.83. The van der Waals surface area contributed by atoms with E-state index in [4.69, 9.17) is 9.47 Å². The van der Waals surface area contributed by atoms with Gasteiger partial charge in [0.05, 0.1) is 20.3 Å². The van der Waals surface area contributed by atoms with Crippen molar-refractivity contribution in [3.63, 3.8) is 0 Å². The van der Waals surface area contributed by atoms with E-state index in [1.165, 1.54) is 0 Å². The van der Waals surface area contributed by atoms with Gasteiger partial charge in [0.1, 0.15) is 11.5 Å². The van der Waals surface area contributed by atoms with E-state index in [2.05, 4.69) is 5.32 Å². The van der Waals surface area contributed by atoms with E-state index in [1.807, 2.05) is 11.0 Å². The highest BCUT2D eigenvalue weighted by Gasteiger charge is 2.15. The number of methoxy groups -OCH3 is 1. The third-order valence-corrected chi connectivity index (χ3v) is 3.49. The second-order valence-corrected chi connectivity index (χ2v) is 4.91. The molecule has 1 aromatic rings. The fraction of sp³-hybridized carbons (Fsp3) is 0.533. The molecule has 1 saturated heterocycles. The Morgan fingerprint density at radius 3 is 2.86 bits per heavy atom. The summed E-state index contributed by atoms with van der Waals surface area (Å²) in [7, 11) is 1.56. The van der Waals surface area contributed by atoms with Crippen LogP contribution in [0.5, 0.6) is 11.5 Å². The van der Waals surface area contributed by atoms with Gasteiger partial charge < -0.3 is 24.8 Å². The lowest BCUT2D eigenvalue weighted by atomic mass is 10.2. The van der Waals surface area contributed by atoms with Crippen molar-refractivity contribution in [1.29, 1.82) is 0 Å². The molecule has 0 saturated carbocycles. The molecule has 0 atom stereocenters. The maximum atomic E-state index is 11.9. The maximum absolute atomic E-state index is 11.9. The largest absolute Gasteiger partial charge is 0.507 e. The molecule has 1 aliphatic heterocycles. The van der Waals surface area contributed by atoms with Crippen molar-refractivity contribution in [2.45, 2.75) is 13.0 Å². The molecule has 2 N–H and O–H groups in total. The number of phenolic OH excluding ortho intramolecular Hbond substituents is 1. The minimum atomic E-state index is 0.143. The Balaban J connectivity index is 1.70. The third-order valence-electron chi connectivity index (χ3n) is 3.49. The van der Waals surface area contributed by atoms with Crippen LogP contribution in [0.15, 0.2) is 18.2 Å². The molecular weight excluding hydrogens is 272 g/mol. The number of carbonyl (C=O) groups is 1. The summed E-state index contributed by atoms with van der Waals surface area (Å²) >= 11 is 0. The molecule has 1 fully saturated rings. The molecule has 0 bridgehead atoms. The van der Waals surface area contributed by atoms with Crippen molar-refractivity contribution < 1.29 is 19.4 Å². The average molecular weight is 294 g/mol. The summed E-state index contributed by atoms with van der Waals surface area (Å²) in [5, 5.41) is 13.0. The number of phenols is 1. The molecule has 1 aromatic carbocycles. The molecule has 0 aliphatic carbocycles. The number of nitrogens with zero attached hydrogens (tertiary/aromatic N) is 1. The van der Waals surface area contributed by atoms with Gasteiger partial charge in [0.2, 0.25) is 5.91 Å². The van der Waals surface area contributed by atoms with E-state index in [9.17, 15) is 9.90 Å². The van der Waals surface area contributed by atoms with Crippen molar-refractivity contribution in [2.24, 2.45) is 0 Å². The van der Waals surface area contributed by atoms with Gasteiger partial charge in [0.15, 0.2) is 0 Å². The normalized spacial score (nSPS) is 15.0. The molecule has 1 aliphatic rings. The van der Waals surface area contributed by atoms with Crippen molar-refractivity contribution in [3.05, 3.63) is 23.8 Å². The Morgan fingerprint density at radius 1 is 1.43 bits per heavy atom. The molecule has 1 amide bonds. The zero-order chi connectivity index (χ0) is 15.1. The van der Waals surface area contributed by atoms with Crippen LogP contribution < -0.4 is 10.1 Å². The second-order valence-electron chi connectivity index (χ2n) is 4.91. The molecule has 2 rings (SSSR count). The van der Waals surface area contributed by atoms with Gasteiger partial charge in [-0.05, 0) is 6.07 Å². The fourth-order valence-electron chi connectivity index (χ4n) is 2.21. The molecule has 0 radical (unpaired) electrons. The van der Waals surface area contributed by atoms with Crippen LogP contribution in [0.4, 0.5) is 0 Å². The SMILES string of the molecule is COc1ccc(CNCCC(=O)N2CCOCC2)c(O)c1. The van der Waals surface area contributed by atoms with Crippen molar-refractivity contribution in [3.8, 4) is 11.5 Å². The first-order chi connectivity index (χ1) is 10.2. The molecule has 1 heterocycles. The van der Waals surface area contributed by atoms with E-state index in [1.54, 1.807) is 19.2 Å². The van der Waals surface area contributed by atoms with Gasteiger partial charge in [-0.25, -0.2) is 0 Å². The second kappa shape index (κ2) is 7.85. The van der Waals surface area contributed by atoms with Crippen LogP contribution >= 0.6 is 0 Å². The molecule has 0 unspecified atom stereocenters. The van der Waals surface area contributed by atoms with Crippen molar-refractivity contribution in [2.75, 3.05) is 40.0 Å². The summed E-state index contributed by atoms with van der Waals surface area (Å²) in [5.74, 6) is 0.963. The first-order valence-electron chi connectivity index (χ1n) is 7.13. The lowest BCUT2D eigenvalue weighted by molar-refractivity contribution is -0.135. The van der Waals surface area contributed by atoms with Crippen LogP contribution in [-0.4, -0.2) is 55.9 Å². The van der Waals surface area contributed by atoms with Gasteiger partial charge in [-0.1, -0.05) is 6.07 Å². The van der Waals surface area contributed by atoms with Crippen LogP contribution in [0.2, 0.25) is 0 Å². The van der Waals surface area contributed by atoms with E-state index in [0.29, 0.717) is 51.6 Å². The predicted octanol–water partition coefficient (Wildman–Crippen LogP) is 0.739. The lowest BCUT2D eigenvalue weighted by Gasteiger charge is -2.26. The predicted molar refractivity (Wildman–Crippen MR) is 78.4 cm³/mol. The van der Waals surface area contributed by atoms with Crippen molar-refractivity contribution >= 4 is 5.91 Å². The lowest BCUT2D eigenvalue weighted by Crippen LogP contribution is -2.41. The van der Waals surface area contributed by atoms with Gasteiger partial charge in [-0.2, -0.15) is 0 Å². The number of benzene rings is 1. The minimum Gasteiger partial charge on any atom is -0.507 e. The summed E-state index contributed by atoms with van der Waals surface area (Å²) in [5.41, 5.74) is 0.787. The van der Waals surface area contributed by atoms with E-state index >= 15 is 0 Å². The number of hydrogen-bond donors (Lipinski definition) is 2. The Hall–Kier alpha value is -1.79. The topological polar surface area (TPSA) is 71.0 Å². The van der Waals surface area contributed by atoms with Crippen LogP contribution in [0.25, 0.3) is 0 Å². The van der Waals surface area contributed by atoms with Crippen LogP contribution in [0, 0.1) is 0 Å². The van der Waals surface area contributed by atoms with Crippen LogP contribution in [0.1, 0.15) is 12.0 Å². The molecule has 6 nitrogen and oxygen atoms in total. The quantitative estimate of drug-likeness (QED) is 0.757. The number of hydrogen-bond acceptors (Lipinski definition) is 5. The van der Waals surface area contributed by atoms with Crippen LogP contribution in [0.3, 0.4) is 0 Å². The van der Waals surface area contributed by atoms with Gasteiger partial charge in [0.25, 0.3) is 0 Å². The van der Waals surface area contributed by atoms with E-state index in [-0.39, 0.29) is 11.7 Å². The number of nitrogens with one attached hydrogen (secondary N) is 1. The first-order valence-corrected chi connectivity index (χ1v) is 7.13. The van der Waals surface area contributed by atoms with E-state index < -0.39 is 0 Å². The van der Waals surface area contributed by atoms with Gasteiger partial charge in [-0.15, -0.1) is 0 Å². The number of aromatic hydroxyl groups is 1. The Morgan fingerprint density at radius 2 is 2.19 bits per heavy atom. The number of carbonyl (C=O) groups excluding carboxylic acids is 1.